The molecule has 4 heteroatoms. The van der Waals surface area contributed by atoms with Crippen LogP contribution in [0.15, 0.2) is 5.16 Å². The smallest absolute Gasteiger partial charge is 0.139 e. The molecular formula is C22H38N2O2. The van der Waals surface area contributed by atoms with Crippen LogP contribution in [0.4, 0.5) is 0 Å². The van der Waals surface area contributed by atoms with E-state index in [1.807, 2.05) is 0 Å². The number of nitrogens with two attached hydrogens (primary N) is 1. The Balaban J connectivity index is 0.00000196. The van der Waals surface area contributed by atoms with Gasteiger partial charge in [0.25, 0.3) is 0 Å². The molecule has 0 aromatic carbocycles. The molecular weight excluding hydrogens is 324 g/mol. The normalized spacial score (nSPS) is 46.1. The van der Waals surface area contributed by atoms with Gasteiger partial charge in [-0.3, -0.25) is 4.79 Å². The van der Waals surface area contributed by atoms with Gasteiger partial charge in [-0.1, -0.05) is 26.4 Å². The molecule has 0 aromatic rings. The van der Waals surface area contributed by atoms with Crippen LogP contribution in [-0.2, 0) is 9.63 Å². The monoisotopic (exact) mass is 362 g/mol. The molecule has 4 fully saturated rings. The second-order valence-corrected chi connectivity index (χ2v) is 9.56. The van der Waals surface area contributed by atoms with Gasteiger partial charge < -0.3 is 10.6 Å². The molecule has 0 aromatic heterocycles. The van der Waals surface area contributed by atoms with Crippen molar-refractivity contribution in [1.29, 1.82) is 0 Å². The highest BCUT2D eigenvalue weighted by atomic mass is 16.6. The molecule has 4 aliphatic rings. The fourth-order valence-corrected chi connectivity index (χ4v) is 7.10. The Bertz CT molecular complexity index is 574. The Kier molecular flexibility index (Phi) is 5.54. The summed E-state index contributed by atoms with van der Waals surface area (Å²) in [5, 5.41) is 4.37. The van der Waals surface area contributed by atoms with Crippen LogP contribution in [0.2, 0.25) is 0 Å². The number of carbonyl (C=O) groups excluding carboxylic acids is 1. The molecule has 4 nitrogen and oxygen atoms in total. The molecule has 0 bridgehead atoms. The number of rotatable bonds is 3. The molecule has 148 valence electrons. The van der Waals surface area contributed by atoms with Crippen molar-refractivity contribution in [2.45, 2.75) is 79.1 Å². The highest BCUT2D eigenvalue weighted by Crippen LogP contribution is 2.65. The third-order valence-corrected chi connectivity index (χ3v) is 8.61. The molecule has 26 heavy (non-hydrogen) atoms. The molecule has 0 amide bonds. The Labute approximate surface area is 159 Å². The summed E-state index contributed by atoms with van der Waals surface area (Å²) < 4.78 is 0. The molecule has 4 saturated carbocycles. The van der Waals surface area contributed by atoms with Crippen molar-refractivity contribution >= 4 is 11.5 Å². The lowest BCUT2D eigenvalue weighted by Gasteiger charge is -2.59. The van der Waals surface area contributed by atoms with E-state index in [0.29, 0.717) is 30.3 Å². The van der Waals surface area contributed by atoms with E-state index in [1.165, 1.54) is 31.4 Å². The molecule has 4 unspecified atom stereocenters. The first-order valence-electron chi connectivity index (χ1n) is 10.4. The molecule has 6 atom stereocenters. The Morgan fingerprint density at radius 3 is 2.69 bits per heavy atom. The van der Waals surface area contributed by atoms with Crippen LogP contribution in [-0.4, -0.2) is 24.6 Å². The Morgan fingerprint density at radius 2 is 1.92 bits per heavy atom. The zero-order valence-corrected chi connectivity index (χ0v) is 15.9. The molecule has 0 heterocycles. The minimum absolute atomic E-state index is 0. The number of oxime groups is 1. The summed E-state index contributed by atoms with van der Waals surface area (Å²) in [5.74, 6) is 3.53. The van der Waals surface area contributed by atoms with Crippen LogP contribution in [0.3, 0.4) is 0 Å². The zero-order valence-electron chi connectivity index (χ0n) is 15.9. The standard InChI is InChI=1S/C21H34N2O2.CH4/c1-20-9-7-15(23-25-12-11-22)13-14(20)3-4-16-17-5-6-19(24)21(17,2)10-8-18(16)20;/h14,16-18H,3-13,22H2,1-2H3;1H4/t14?,16?,17?,18?,20-,21-;/m0./s1. The number of hydrogen-bond donors (Lipinski definition) is 1. The first-order valence-corrected chi connectivity index (χ1v) is 10.4. The topological polar surface area (TPSA) is 64.7 Å². The summed E-state index contributed by atoms with van der Waals surface area (Å²) in [4.78, 5) is 17.8. The number of nitrogens with zero attached hydrogens (tertiary/aromatic N) is 1. The zero-order chi connectivity index (χ0) is 17.7. The fourth-order valence-electron chi connectivity index (χ4n) is 7.10. The summed E-state index contributed by atoms with van der Waals surface area (Å²) in [6, 6.07) is 0. The predicted molar refractivity (Wildman–Crippen MR) is 106 cm³/mol. The van der Waals surface area contributed by atoms with Gasteiger partial charge in [0, 0.05) is 18.4 Å². The number of hydrogen-bond acceptors (Lipinski definition) is 4. The average Bonchev–Trinajstić information content (AvgIpc) is 2.90. The minimum Gasteiger partial charge on any atom is -0.395 e. The van der Waals surface area contributed by atoms with Crippen LogP contribution in [0.1, 0.15) is 79.1 Å². The SMILES string of the molecule is C.C[C@]12CCC(=NOCCN)CC1CCC1C2CC[C@]2(C)C(=O)CCC12. The van der Waals surface area contributed by atoms with Crippen LogP contribution in [0.25, 0.3) is 0 Å². The van der Waals surface area contributed by atoms with Gasteiger partial charge in [-0.25, -0.2) is 0 Å². The Morgan fingerprint density at radius 1 is 1.12 bits per heavy atom. The molecule has 0 aliphatic heterocycles. The molecule has 4 aliphatic carbocycles. The van der Waals surface area contributed by atoms with Crippen LogP contribution < -0.4 is 5.73 Å². The predicted octanol–water partition coefficient (Wildman–Crippen LogP) is 4.57. The van der Waals surface area contributed by atoms with E-state index in [1.54, 1.807) is 0 Å². The third kappa shape index (κ3) is 2.93. The highest BCUT2D eigenvalue weighted by Gasteiger charge is 2.59. The summed E-state index contributed by atoms with van der Waals surface area (Å²) in [6.45, 7) is 5.87. The first-order chi connectivity index (χ1) is 12.0. The lowest BCUT2D eigenvalue weighted by molar-refractivity contribution is -0.137. The quantitative estimate of drug-likeness (QED) is 0.591. The lowest BCUT2D eigenvalue weighted by atomic mass is 9.45. The van der Waals surface area contributed by atoms with E-state index < -0.39 is 0 Å². The fraction of sp³-hybridized carbons (Fsp3) is 0.909. The van der Waals surface area contributed by atoms with Crippen molar-refractivity contribution in [2.75, 3.05) is 13.2 Å². The van der Waals surface area contributed by atoms with Gasteiger partial charge in [0.1, 0.15) is 12.4 Å². The van der Waals surface area contributed by atoms with Gasteiger partial charge in [-0.05, 0) is 80.5 Å². The first kappa shape index (κ1) is 19.9. The van der Waals surface area contributed by atoms with Gasteiger partial charge in [0.15, 0.2) is 0 Å². The van der Waals surface area contributed by atoms with Gasteiger partial charge in [-0.2, -0.15) is 0 Å². The maximum Gasteiger partial charge on any atom is 0.139 e. The van der Waals surface area contributed by atoms with Gasteiger partial charge in [0.05, 0.1) is 5.71 Å². The van der Waals surface area contributed by atoms with Crippen LogP contribution in [0, 0.1) is 34.5 Å². The van der Waals surface area contributed by atoms with E-state index in [9.17, 15) is 4.79 Å². The van der Waals surface area contributed by atoms with Crippen molar-refractivity contribution in [3.63, 3.8) is 0 Å². The number of fused-ring (bicyclic) bond motifs is 5. The maximum absolute atomic E-state index is 12.5. The number of Topliss-reactive ketones (excluding diaryl/α,β-unsaturated/α-hetero) is 1. The van der Waals surface area contributed by atoms with E-state index in [-0.39, 0.29) is 12.8 Å². The van der Waals surface area contributed by atoms with Gasteiger partial charge in [0.2, 0.25) is 0 Å². The third-order valence-electron chi connectivity index (χ3n) is 8.61. The van der Waals surface area contributed by atoms with E-state index in [0.717, 1.165) is 49.9 Å². The van der Waals surface area contributed by atoms with Gasteiger partial charge in [-0.15, -0.1) is 0 Å². The molecule has 2 N–H and O–H groups in total. The van der Waals surface area contributed by atoms with Gasteiger partial charge >= 0.3 is 0 Å². The largest absolute Gasteiger partial charge is 0.395 e. The molecule has 0 radical (unpaired) electrons. The molecule has 0 spiro atoms. The lowest BCUT2D eigenvalue weighted by Crippen LogP contribution is -2.53. The summed E-state index contributed by atoms with van der Waals surface area (Å²) in [5.41, 5.74) is 7.17. The van der Waals surface area contributed by atoms with Crippen molar-refractivity contribution < 1.29 is 9.63 Å². The van der Waals surface area contributed by atoms with E-state index >= 15 is 0 Å². The van der Waals surface area contributed by atoms with Crippen LogP contribution >= 0.6 is 0 Å². The van der Waals surface area contributed by atoms with Crippen LogP contribution in [0.5, 0.6) is 0 Å². The molecule has 0 saturated heterocycles. The summed E-state index contributed by atoms with van der Waals surface area (Å²) in [6.07, 6.45) is 10.4. The number of carbonyl (C=O) groups is 1. The van der Waals surface area contributed by atoms with Crippen molar-refractivity contribution in [2.24, 2.45) is 45.4 Å². The second kappa shape index (κ2) is 7.26. The van der Waals surface area contributed by atoms with E-state index in [2.05, 4.69) is 19.0 Å². The summed E-state index contributed by atoms with van der Waals surface area (Å²) in [7, 11) is 0. The average molecular weight is 363 g/mol. The summed E-state index contributed by atoms with van der Waals surface area (Å²) >= 11 is 0. The number of ketones is 1. The van der Waals surface area contributed by atoms with Crippen molar-refractivity contribution in [3.05, 3.63) is 0 Å². The minimum atomic E-state index is 0. The second-order valence-electron chi connectivity index (χ2n) is 9.56. The maximum atomic E-state index is 12.5. The van der Waals surface area contributed by atoms with E-state index in [4.69, 9.17) is 10.6 Å². The molecule has 4 rings (SSSR count). The Hall–Kier alpha value is -0.900. The van der Waals surface area contributed by atoms with Crippen molar-refractivity contribution in [3.8, 4) is 0 Å². The highest BCUT2D eigenvalue weighted by molar-refractivity contribution is 5.87. The van der Waals surface area contributed by atoms with Crippen molar-refractivity contribution in [1.82, 2.24) is 0 Å².